The van der Waals surface area contributed by atoms with E-state index in [1.807, 2.05) is 27.7 Å². The van der Waals surface area contributed by atoms with Crippen molar-refractivity contribution in [2.45, 2.75) is 148 Å². The minimum absolute atomic E-state index is 0.0403. The lowest BCUT2D eigenvalue weighted by atomic mass is 9.99. The number of carbonyl (C=O) groups is 8. The van der Waals surface area contributed by atoms with Crippen LogP contribution in [-0.2, 0) is 38.4 Å². The number of carboxylic acid groups (broad SMARTS) is 1. The highest BCUT2D eigenvalue weighted by molar-refractivity contribution is 5.97. The molecule has 0 aromatic rings. The monoisotopic (exact) mass is 825 g/mol. The normalized spacial score (nSPS) is 16.9. The van der Waals surface area contributed by atoms with Gasteiger partial charge in [-0.05, 0) is 89.5 Å². The Morgan fingerprint density at radius 2 is 1.26 bits per heavy atom. The zero-order valence-corrected chi connectivity index (χ0v) is 34.6. The van der Waals surface area contributed by atoms with Gasteiger partial charge < -0.3 is 65.3 Å². The van der Waals surface area contributed by atoms with Gasteiger partial charge in [0.05, 0.1) is 6.04 Å². The predicted molar refractivity (Wildman–Crippen MR) is 216 cm³/mol. The van der Waals surface area contributed by atoms with E-state index in [-0.39, 0.29) is 75.8 Å². The molecule has 0 aliphatic carbocycles. The van der Waals surface area contributed by atoms with Crippen LogP contribution in [0.3, 0.4) is 0 Å². The van der Waals surface area contributed by atoms with Crippen LogP contribution in [-0.4, -0.2) is 125 Å². The van der Waals surface area contributed by atoms with Crippen molar-refractivity contribution in [3.63, 3.8) is 0 Å². The van der Waals surface area contributed by atoms with Crippen LogP contribution >= 0.6 is 0 Å². The molecule has 1 rings (SSSR count). The van der Waals surface area contributed by atoms with Crippen LogP contribution in [0.25, 0.3) is 0 Å². The number of nitrogens with one attached hydrogen (secondary N) is 5. The fourth-order valence-electron chi connectivity index (χ4n) is 6.34. The number of guanidine groups is 1. The zero-order chi connectivity index (χ0) is 44.1. The van der Waals surface area contributed by atoms with E-state index >= 15 is 0 Å². The number of amides is 7. The number of rotatable bonds is 27. The van der Waals surface area contributed by atoms with E-state index in [0.29, 0.717) is 32.2 Å². The molecule has 58 heavy (non-hydrogen) atoms. The number of nitrogens with zero attached hydrogens (tertiary/aromatic N) is 2. The van der Waals surface area contributed by atoms with Crippen LogP contribution in [0.2, 0.25) is 0 Å². The highest BCUT2D eigenvalue weighted by Crippen LogP contribution is 2.21. The molecule has 1 aliphatic rings. The lowest BCUT2D eigenvalue weighted by Crippen LogP contribution is -2.59. The van der Waals surface area contributed by atoms with Crippen molar-refractivity contribution >= 4 is 53.3 Å². The molecular formula is C37H68N12O9. The van der Waals surface area contributed by atoms with Crippen molar-refractivity contribution in [1.82, 2.24) is 31.5 Å². The summed E-state index contributed by atoms with van der Waals surface area (Å²) >= 11 is 0. The van der Waals surface area contributed by atoms with Gasteiger partial charge in [-0.3, -0.25) is 38.6 Å². The van der Waals surface area contributed by atoms with Crippen LogP contribution < -0.4 is 55.3 Å². The lowest BCUT2D eigenvalue weighted by molar-refractivity contribution is -0.142. The summed E-state index contributed by atoms with van der Waals surface area (Å²) in [6.45, 7) is 9.50. The second-order valence-corrected chi connectivity index (χ2v) is 15.6. The molecule has 0 radical (unpaired) electrons. The number of carboxylic acids is 1. The number of hydrogen-bond acceptors (Lipinski definition) is 11. The number of hydrogen-bond donors (Lipinski definition) is 11. The predicted octanol–water partition coefficient (Wildman–Crippen LogP) is -2.63. The Bertz CT molecular complexity index is 1440. The third-order valence-electron chi connectivity index (χ3n) is 9.43. The molecule has 1 heterocycles. The number of likely N-dealkylation sites (tertiary alicyclic amines) is 1. The molecular weight excluding hydrogens is 756 g/mol. The zero-order valence-electron chi connectivity index (χ0n) is 34.6. The van der Waals surface area contributed by atoms with Gasteiger partial charge in [-0.1, -0.05) is 27.7 Å². The van der Waals surface area contributed by atoms with Crippen LogP contribution in [0.15, 0.2) is 4.99 Å². The Labute approximate surface area is 340 Å². The van der Waals surface area contributed by atoms with E-state index in [2.05, 4.69) is 31.6 Å². The number of aliphatic carboxylic acids is 1. The third-order valence-corrected chi connectivity index (χ3v) is 9.43. The first-order valence-corrected chi connectivity index (χ1v) is 20.0. The van der Waals surface area contributed by atoms with E-state index in [4.69, 9.17) is 28.7 Å². The average molecular weight is 825 g/mol. The minimum atomic E-state index is -1.22. The Morgan fingerprint density at radius 3 is 1.81 bits per heavy atom. The quantitative estimate of drug-likeness (QED) is 0.0230. The highest BCUT2D eigenvalue weighted by atomic mass is 16.4. The van der Waals surface area contributed by atoms with Crippen LogP contribution in [0.1, 0.15) is 105 Å². The summed E-state index contributed by atoms with van der Waals surface area (Å²) in [5.74, 6) is -6.08. The summed E-state index contributed by atoms with van der Waals surface area (Å²) in [7, 11) is 0. The van der Waals surface area contributed by atoms with E-state index in [1.165, 1.54) is 11.8 Å². The first kappa shape index (κ1) is 51.0. The summed E-state index contributed by atoms with van der Waals surface area (Å²) in [6, 6.07) is -7.78. The van der Waals surface area contributed by atoms with Gasteiger partial charge in [0.2, 0.25) is 41.4 Å². The van der Waals surface area contributed by atoms with Crippen molar-refractivity contribution in [3.8, 4) is 0 Å². The van der Waals surface area contributed by atoms with Gasteiger partial charge in [-0.2, -0.15) is 0 Å². The molecule has 0 aromatic carbocycles. The Hall–Kier alpha value is -5.05. The van der Waals surface area contributed by atoms with Crippen molar-refractivity contribution in [2.24, 2.45) is 45.5 Å². The van der Waals surface area contributed by atoms with E-state index in [0.717, 1.165) is 0 Å². The largest absolute Gasteiger partial charge is 0.480 e. The summed E-state index contributed by atoms with van der Waals surface area (Å²) in [4.78, 5) is 109. The summed E-state index contributed by atoms with van der Waals surface area (Å²) in [5, 5.41) is 22.7. The maximum atomic E-state index is 14.0. The number of unbranched alkanes of at least 4 members (excludes halogenated alkanes) is 1. The summed E-state index contributed by atoms with van der Waals surface area (Å²) in [5.41, 5.74) is 27.5. The Kier molecular flexibility index (Phi) is 22.9. The second kappa shape index (κ2) is 26.1. The number of nitrogens with two attached hydrogens (primary N) is 5. The molecule has 0 spiro atoms. The molecule has 21 nitrogen and oxygen atoms in total. The van der Waals surface area contributed by atoms with E-state index in [1.54, 1.807) is 0 Å². The second-order valence-electron chi connectivity index (χ2n) is 15.6. The topological polar surface area (TPSA) is 363 Å². The van der Waals surface area contributed by atoms with E-state index < -0.39 is 89.6 Å². The van der Waals surface area contributed by atoms with Crippen LogP contribution in [0.4, 0.5) is 0 Å². The van der Waals surface area contributed by atoms with Gasteiger partial charge in [0.25, 0.3) is 0 Å². The van der Waals surface area contributed by atoms with Crippen LogP contribution in [0.5, 0.6) is 0 Å². The molecule has 1 saturated heterocycles. The van der Waals surface area contributed by atoms with Crippen molar-refractivity contribution in [3.05, 3.63) is 0 Å². The van der Waals surface area contributed by atoms with Crippen molar-refractivity contribution < 1.29 is 43.5 Å². The van der Waals surface area contributed by atoms with Crippen molar-refractivity contribution in [1.29, 1.82) is 0 Å². The fourth-order valence-corrected chi connectivity index (χ4v) is 6.34. The van der Waals surface area contributed by atoms with Gasteiger partial charge >= 0.3 is 5.97 Å². The molecule has 1 aliphatic heterocycles. The highest BCUT2D eigenvalue weighted by Gasteiger charge is 2.40. The molecule has 7 atom stereocenters. The maximum Gasteiger partial charge on any atom is 0.326 e. The summed E-state index contributed by atoms with van der Waals surface area (Å²) in [6.07, 6.45) is 2.53. The maximum absolute atomic E-state index is 14.0. The molecule has 21 heteroatoms. The van der Waals surface area contributed by atoms with Gasteiger partial charge in [-0.25, -0.2) is 4.79 Å². The first-order chi connectivity index (χ1) is 27.2. The smallest absolute Gasteiger partial charge is 0.326 e. The first-order valence-electron chi connectivity index (χ1n) is 20.0. The molecule has 16 N–H and O–H groups in total. The van der Waals surface area contributed by atoms with Gasteiger partial charge in [-0.15, -0.1) is 0 Å². The molecule has 330 valence electrons. The summed E-state index contributed by atoms with van der Waals surface area (Å²) < 4.78 is 0. The van der Waals surface area contributed by atoms with Crippen molar-refractivity contribution in [2.75, 3.05) is 19.6 Å². The molecule has 7 unspecified atom stereocenters. The fraction of sp³-hybridized carbons (Fsp3) is 0.757. The van der Waals surface area contributed by atoms with Crippen LogP contribution in [0, 0.1) is 11.8 Å². The molecule has 0 saturated carbocycles. The SMILES string of the molecule is CC(C)CC(NC(=O)C(CC(C)C)NC(=O)C1CCCN1C(=O)C(CCCN=C(N)N)NC(=O)C(N)CCC(N)=O)C(=O)NC(C)C(=O)NC(CCCCN)C(=O)O. The molecule has 1 fully saturated rings. The standard InChI is InChI=1S/C37H68N12O9/c1-20(2)18-26(32(53)44-22(5)30(51)46-25(36(57)58)10-6-7-15-38)47-33(54)27(19-21(3)4)48-34(55)28-12-9-17-49(28)35(56)24(11-8-16-43-37(41)42)45-31(52)23(39)13-14-29(40)50/h20-28H,6-19,38-39H2,1-5H3,(H2,40,50)(H,44,53)(H,45,52)(H,46,51)(H,47,54)(H,48,55)(H,57,58)(H4,41,42,43). The van der Waals surface area contributed by atoms with Gasteiger partial charge in [0.1, 0.15) is 36.3 Å². The Morgan fingerprint density at radius 1 is 0.707 bits per heavy atom. The van der Waals surface area contributed by atoms with Gasteiger partial charge in [0, 0.05) is 19.5 Å². The number of carbonyl (C=O) groups excluding carboxylic acids is 7. The third kappa shape index (κ3) is 18.9. The van der Waals surface area contributed by atoms with E-state index in [9.17, 15) is 43.5 Å². The lowest BCUT2D eigenvalue weighted by Gasteiger charge is -2.31. The Balaban J connectivity index is 3.18. The van der Waals surface area contributed by atoms with Gasteiger partial charge in [0.15, 0.2) is 5.96 Å². The number of primary amides is 1. The molecule has 0 aromatic heterocycles. The number of aliphatic imine (C=N–C) groups is 1. The average Bonchev–Trinajstić information content (AvgIpc) is 3.63. The molecule has 7 amide bonds. The molecule has 0 bridgehead atoms. The minimum Gasteiger partial charge on any atom is -0.480 e.